The average molecular weight is 370 g/mol. The molecule has 0 aliphatic carbocycles. The zero-order valence-electron chi connectivity index (χ0n) is 16.4. The molecule has 140 valence electrons. The normalized spacial score (nSPS) is 12.5. The van der Waals surface area contributed by atoms with Crippen molar-refractivity contribution in [2.45, 2.75) is 51.0 Å². The van der Waals surface area contributed by atoms with Crippen LogP contribution in [0.15, 0.2) is 54.6 Å². The molecule has 2 aromatic rings. The Bertz CT molecular complexity index is 673. The van der Waals surface area contributed by atoms with Crippen molar-refractivity contribution < 1.29 is 9.53 Å². The SMILES string of the molecule is CC[Si](CC)(CC)C(C(=O)NCc1ccccc1)c1ccc(OC)cc1. The highest BCUT2D eigenvalue weighted by Crippen LogP contribution is 2.37. The van der Waals surface area contributed by atoms with Crippen molar-refractivity contribution in [2.75, 3.05) is 7.11 Å². The number of amides is 1. The van der Waals surface area contributed by atoms with Gasteiger partial charge in [-0.15, -0.1) is 0 Å². The molecule has 0 saturated carbocycles. The van der Waals surface area contributed by atoms with E-state index in [-0.39, 0.29) is 11.4 Å². The lowest BCUT2D eigenvalue weighted by molar-refractivity contribution is -0.121. The fraction of sp³-hybridized carbons (Fsp3) is 0.409. The predicted octanol–water partition coefficient (Wildman–Crippen LogP) is 5.14. The summed E-state index contributed by atoms with van der Waals surface area (Å²) in [6.07, 6.45) is 0. The molecule has 0 fully saturated rings. The number of carbonyl (C=O) groups is 1. The molecule has 1 N–H and O–H groups in total. The highest BCUT2D eigenvalue weighted by Gasteiger charge is 2.41. The molecule has 0 radical (unpaired) electrons. The number of ether oxygens (including phenoxy) is 1. The van der Waals surface area contributed by atoms with Crippen LogP contribution in [0.1, 0.15) is 37.4 Å². The highest BCUT2D eigenvalue weighted by atomic mass is 28.3. The van der Waals surface area contributed by atoms with E-state index in [4.69, 9.17) is 4.74 Å². The predicted molar refractivity (Wildman–Crippen MR) is 111 cm³/mol. The Morgan fingerprint density at radius 1 is 0.962 bits per heavy atom. The van der Waals surface area contributed by atoms with E-state index in [0.29, 0.717) is 6.54 Å². The molecule has 0 aliphatic rings. The summed E-state index contributed by atoms with van der Waals surface area (Å²) < 4.78 is 5.29. The Kier molecular flexibility index (Phi) is 7.46. The standard InChI is InChI=1S/C22H31NO2Si/c1-5-26(6-2,7-3)21(19-13-15-20(25-4)16-14-19)22(24)23-17-18-11-9-8-10-12-18/h8-16,21H,5-7,17H2,1-4H3,(H,23,24). The van der Waals surface area contributed by atoms with Gasteiger partial charge in [0.05, 0.1) is 20.7 Å². The number of hydrogen-bond donors (Lipinski definition) is 1. The van der Waals surface area contributed by atoms with Crippen molar-refractivity contribution in [2.24, 2.45) is 0 Å². The van der Waals surface area contributed by atoms with Crippen molar-refractivity contribution >= 4 is 14.0 Å². The first kappa shape index (κ1) is 20.2. The largest absolute Gasteiger partial charge is 0.497 e. The molecule has 1 unspecified atom stereocenters. The number of rotatable bonds is 9. The van der Waals surface area contributed by atoms with Crippen molar-refractivity contribution in [3.05, 3.63) is 65.7 Å². The van der Waals surface area contributed by atoms with Gasteiger partial charge in [-0.2, -0.15) is 0 Å². The molecule has 4 heteroatoms. The van der Waals surface area contributed by atoms with E-state index in [1.165, 1.54) is 0 Å². The van der Waals surface area contributed by atoms with Crippen molar-refractivity contribution in [3.8, 4) is 5.75 Å². The second-order valence-electron chi connectivity index (χ2n) is 6.83. The maximum atomic E-state index is 13.3. The van der Waals surface area contributed by atoms with Crippen LogP contribution in [0.4, 0.5) is 0 Å². The summed E-state index contributed by atoms with van der Waals surface area (Å²) in [5.74, 6) is 0.991. The third-order valence-electron chi connectivity index (χ3n) is 5.75. The van der Waals surface area contributed by atoms with Gasteiger partial charge in [0.1, 0.15) is 5.75 Å². The summed E-state index contributed by atoms with van der Waals surface area (Å²) in [5, 5.41) is 3.20. The first-order valence-corrected chi connectivity index (χ1v) is 12.3. The van der Waals surface area contributed by atoms with Gasteiger partial charge in [0.25, 0.3) is 0 Å². The average Bonchev–Trinajstić information content (AvgIpc) is 2.71. The van der Waals surface area contributed by atoms with Gasteiger partial charge in [-0.3, -0.25) is 4.79 Å². The van der Waals surface area contributed by atoms with Gasteiger partial charge < -0.3 is 10.1 Å². The Morgan fingerprint density at radius 3 is 2.04 bits per heavy atom. The van der Waals surface area contributed by atoms with Crippen LogP contribution in [-0.2, 0) is 11.3 Å². The van der Waals surface area contributed by atoms with E-state index in [9.17, 15) is 4.79 Å². The van der Waals surface area contributed by atoms with Crippen LogP contribution in [0.25, 0.3) is 0 Å². The van der Waals surface area contributed by atoms with E-state index in [2.05, 4.69) is 38.2 Å². The fourth-order valence-electron chi connectivity index (χ4n) is 3.83. The van der Waals surface area contributed by atoms with Gasteiger partial charge in [-0.05, 0) is 23.3 Å². The van der Waals surface area contributed by atoms with Crippen LogP contribution >= 0.6 is 0 Å². The molecule has 2 rings (SSSR count). The minimum atomic E-state index is -1.77. The third kappa shape index (κ3) is 4.55. The Hall–Kier alpha value is -2.07. The van der Waals surface area contributed by atoms with Gasteiger partial charge in [0, 0.05) is 6.54 Å². The van der Waals surface area contributed by atoms with Crippen molar-refractivity contribution in [1.29, 1.82) is 0 Å². The number of carbonyl (C=O) groups excluding carboxylic acids is 1. The minimum Gasteiger partial charge on any atom is -0.497 e. The molecule has 0 saturated heterocycles. The monoisotopic (exact) mass is 369 g/mol. The van der Waals surface area contributed by atoms with E-state index in [0.717, 1.165) is 35.0 Å². The molecule has 0 spiro atoms. The molecule has 0 aromatic heterocycles. The Morgan fingerprint density at radius 2 is 1.54 bits per heavy atom. The summed E-state index contributed by atoms with van der Waals surface area (Å²) in [6, 6.07) is 21.5. The maximum absolute atomic E-state index is 13.3. The fourth-order valence-corrected chi connectivity index (χ4v) is 8.11. The van der Waals surface area contributed by atoms with Crippen LogP contribution in [0.5, 0.6) is 5.75 Å². The van der Waals surface area contributed by atoms with E-state index < -0.39 is 8.07 Å². The molecule has 26 heavy (non-hydrogen) atoms. The Labute approximate surface area is 158 Å². The summed E-state index contributed by atoms with van der Waals surface area (Å²) in [4.78, 5) is 13.3. The maximum Gasteiger partial charge on any atom is 0.225 e. The van der Waals surface area contributed by atoms with Gasteiger partial charge in [0.15, 0.2) is 0 Å². The molecule has 2 aromatic carbocycles. The Balaban J connectivity index is 2.30. The lowest BCUT2D eigenvalue weighted by Gasteiger charge is -2.36. The molecule has 1 atom stereocenters. The summed E-state index contributed by atoms with van der Waals surface area (Å²) >= 11 is 0. The first-order valence-electron chi connectivity index (χ1n) is 9.55. The number of nitrogens with one attached hydrogen (secondary N) is 1. The van der Waals surface area contributed by atoms with E-state index >= 15 is 0 Å². The van der Waals surface area contributed by atoms with Crippen LogP contribution in [0.3, 0.4) is 0 Å². The second-order valence-corrected chi connectivity index (χ2v) is 12.3. The quantitative estimate of drug-likeness (QED) is 0.621. The molecule has 3 nitrogen and oxygen atoms in total. The van der Waals surface area contributed by atoms with Crippen LogP contribution in [0.2, 0.25) is 18.1 Å². The molecule has 0 heterocycles. The van der Waals surface area contributed by atoms with Crippen molar-refractivity contribution in [3.63, 3.8) is 0 Å². The van der Waals surface area contributed by atoms with Gasteiger partial charge >= 0.3 is 0 Å². The lowest BCUT2D eigenvalue weighted by atomic mass is 10.1. The highest BCUT2D eigenvalue weighted by molar-refractivity contribution is 6.83. The zero-order chi connectivity index (χ0) is 19.0. The number of benzene rings is 2. The van der Waals surface area contributed by atoms with Gasteiger partial charge in [-0.25, -0.2) is 0 Å². The van der Waals surface area contributed by atoms with Crippen LogP contribution < -0.4 is 10.1 Å². The lowest BCUT2D eigenvalue weighted by Crippen LogP contribution is -2.47. The zero-order valence-corrected chi connectivity index (χ0v) is 17.4. The third-order valence-corrected chi connectivity index (χ3v) is 11.8. The second kappa shape index (κ2) is 9.58. The summed E-state index contributed by atoms with van der Waals surface area (Å²) in [6.45, 7) is 7.33. The molecular formula is C22H31NO2Si. The smallest absolute Gasteiger partial charge is 0.225 e. The molecular weight excluding hydrogens is 338 g/mol. The van der Waals surface area contributed by atoms with Gasteiger partial charge in [0.2, 0.25) is 5.91 Å². The van der Waals surface area contributed by atoms with Gasteiger partial charge in [-0.1, -0.05) is 81.4 Å². The van der Waals surface area contributed by atoms with E-state index in [1.54, 1.807) is 7.11 Å². The summed E-state index contributed by atoms with van der Waals surface area (Å²) in [5.41, 5.74) is 2.22. The molecule has 0 aliphatic heterocycles. The topological polar surface area (TPSA) is 38.3 Å². The number of hydrogen-bond acceptors (Lipinski definition) is 2. The van der Waals surface area contributed by atoms with Crippen LogP contribution in [0, 0.1) is 0 Å². The van der Waals surface area contributed by atoms with Crippen molar-refractivity contribution in [1.82, 2.24) is 5.32 Å². The molecule has 1 amide bonds. The minimum absolute atomic E-state index is 0.0304. The first-order chi connectivity index (χ1) is 12.6. The van der Waals surface area contributed by atoms with E-state index in [1.807, 2.05) is 42.5 Å². The number of methoxy groups -OCH3 is 1. The summed E-state index contributed by atoms with van der Waals surface area (Å²) in [7, 11) is -0.100. The van der Waals surface area contributed by atoms with Crippen LogP contribution in [-0.4, -0.2) is 21.1 Å². The molecule has 0 bridgehead atoms.